The Bertz CT molecular complexity index is 240. The molecule has 0 aliphatic rings. The fraction of sp³-hybridized carbons (Fsp3) is 0.200. The molecular weight excluding hydrogens is 172 g/mol. The summed E-state index contributed by atoms with van der Waals surface area (Å²) in [6, 6.07) is 0. The van der Waals surface area contributed by atoms with Crippen LogP contribution in [-0.4, -0.2) is 28.3 Å². The number of rotatable bonds is 3. The van der Waals surface area contributed by atoms with Gasteiger partial charge in [0.05, 0.1) is 5.97 Å². The van der Waals surface area contributed by atoms with E-state index in [1.54, 1.807) is 0 Å². The van der Waals surface area contributed by atoms with Crippen LogP contribution in [-0.2, 0) is 9.59 Å². The molecule has 0 bridgehead atoms. The third-order valence-electron chi connectivity index (χ3n) is 0.890. The number of hydrogen-bond donors (Lipinski definition) is 2. The number of hydrogen-bond acceptors (Lipinski definition) is 6. The molecule has 0 aliphatic heterocycles. The monoisotopic (exact) mass is 175 g/mol. The predicted octanol–water partition coefficient (Wildman–Crippen LogP) is -4.89. The van der Waals surface area contributed by atoms with Gasteiger partial charge in [-0.1, -0.05) is 5.76 Å². The Labute approximate surface area is 65.8 Å². The molecule has 1 atom stereocenters. The molecule has 0 rings (SSSR count). The van der Waals surface area contributed by atoms with E-state index < -0.39 is 29.6 Å². The molecule has 7 nitrogen and oxygen atoms in total. The van der Waals surface area contributed by atoms with Crippen molar-refractivity contribution in [1.82, 2.24) is 0 Å². The van der Waals surface area contributed by atoms with Gasteiger partial charge in [-0.25, -0.2) is 4.79 Å². The molecule has 12 heavy (non-hydrogen) atoms. The SMILES string of the molecule is O=C(O)/C([O-])=C(\[O-])C(O)C(=O)[O-]. The standard InChI is InChI=1S/C5H6O7/c6-1(2(7)4(9)10)3(8)5(11)12/h2,6-8H,(H,9,10)(H,11,12)/p-3/b3-1+. The van der Waals surface area contributed by atoms with Gasteiger partial charge < -0.3 is 30.3 Å². The van der Waals surface area contributed by atoms with Gasteiger partial charge in [-0.05, 0) is 5.76 Å². The summed E-state index contributed by atoms with van der Waals surface area (Å²) in [7, 11) is 0. The fourth-order valence-electron chi connectivity index (χ4n) is 0.337. The van der Waals surface area contributed by atoms with E-state index in [1.807, 2.05) is 0 Å². The highest BCUT2D eigenvalue weighted by Gasteiger charge is 2.06. The maximum absolute atomic E-state index is 10.3. The molecule has 0 saturated carbocycles. The van der Waals surface area contributed by atoms with Crippen molar-refractivity contribution < 1.29 is 35.1 Å². The van der Waals surface area contributed by atoms with Crippen molar-refractivity contribution in [3.63, 3.8) is 0 Å². The van der Waals surface area contributed by atoms with E-state index in [0.717, 1.165) is 0 Å². The molecule has 0 amide bonds. The van der Waals surface area contributed by atoms with Gasteiger partial charge in [0, 0.05) is 0 Å². The molecule has 0 spiro atoms. The zero-order valence-electron chi connectivity index (χ0n) is 5.51. The lowest BCUT2D eigenvalue weighted by molar-refractivity contribution is -0.373. The summed E-state index contributed by atoms with van der Waals surface area (Å²) in [4.78, 5) is 19.5. The van der Waals surface area contributed by atoms with Gasteiger partial charge in [-0.3, -0.25) is 0 Å². The van der Waals surface area contributed by atoms with E-state index in [-0.39, 0.29) is 0 Å². The lowest BCUT2D eigenvalue weighted by atomic mass is 10.2. The molecule has 0 aromatic heterocycles. The number of carbonyl (C=O) groups excluding carboxylic acids is 1. The number of carboxylic acid groups (broad SMARTS) is 2. The van der Waals surface area contributed by atoms with E-state index in [0.29, 0.717) is 0 Å². The van der Waals surface area contributed by atoms with E-state index in [1.165, 1.54) is 0 Å². The van der Waals surface area contributed by atoms with Crippen LogP contribution < -0.4 is 15.3 Å². The van der Waals surface area contributed by atoms with Crippen molar-refractivity contribution in [1.29, 1.82) is 0 Å². The number of aliphatic hydroxyl groups is 1. The first-order valence-electron chi connectivity index (χ1n) is 2.58. The lowest BCUT2D eigenvalue weighted by Crippen LogP contribution is -2.42. The molecule has 0 aliphatic carbocycles. The summed E-state index contributed by atoms with van der Waals surface area (Å²) in [5.41, 5.74) is 0. The Morgan fingerprint density at radius 2 is 1.58 bits per heavy atom. The number of carboxylic acids is 2. The maximum Gasteiger partial charge on any atom is 0.319 e. The summed E-state index contributed by atoms with van der Waals surface area (Å²) in [5.74, 6) is -8.26. The van der Waals surface area contributed by atoms with Crippen molar-refractivity contribution in [3.8, 4) is 0 Å². The minimum Gasteiger partial charge on any atom is -0.874 e. The van der Waals surface area contributed by atoms with Crippen LogP contribution in [0.25, 0.3) is 0 Å². The minimum atomic E-state index is -2.71. The van der Waals surface area contributed by atoms with Crippen molar-refractivity contribution >= 4 is 11.9 Å². The number of aliphatic hydroxyl groups excluding tert-OH is 1. The van der Waals surface area contributed by atoms with Crippen LogP contribution in [0.15, 0.2) is 11.5 Å². The first-order valence-corrected chi connectivity index (χ1v) is 2.58. The van der Waals surface area contributed by atoms with Crippen LogP contribution in [0.2, 0.25) is 0 Å². The summed E-state index contributed by atoms with van der Waals surface area (Å²) in [6.45, 7) is 0. The Hall–Kier alpha value is -1.76. The highest BCUT2D eigenvalue weighted by atomic mass is 16.4. The predicted molar refractivity (Wildman–Crippen MR) is 25.7 cm³/mol. The second kappa shape index (κ2) is 3.58. The van der Waals surface area contributed by atoms with Crippen molar-refractivity contribution in [2.45, 2.75) is 6.10 Å². The zero-order chi connectivity index (χ0) is 9.89. The summed E-state index contributed by atoms with van der Waals surface area (Å²) >= 11 is 0. The van der Waals surface area contributed by atoms with Gasteiger partial charge in [0.25, 0.3) is 0 Å². The van der Waals surface area contributed by atoms with Crippen molar-refractivity contribution in [2.24, 2.45) is 0 Å². The molecule has 68 valence electrons. The van der Waals surface area contributed by atoms with Crippen molar-refractivity contribution in [3.05, 3.63) is 11.5 Å². The van der Waals surface area contributed by atoms with Gasteiger partial charge in [0.15, 0.2) is 0 Å². The fourth-order valence-corrected chi connectivity index (χ4v) is 0.337. The molecule has 0 saturated heterocycles. The maximum atomic E-state index is 10.3. The molecule has 7 heteroatoms. The largest absolute Gasteiger partial charge is 0.874 e. The van der Waals surface area contributed by atoms with E-state index >= 15 is 0 Å². The topological polar surface area (TPSA) is 144 Å². The first-order chi connectivity index (χ1) is 5.37. The first kappa shape index (κ1) is 10.2. The smallest absolute Gasteiger partial charge is 0.319 e. The molecule has 0 aromatic rings. The minimum absolute atomic E-state index is 1.93. The van der Waals surface area contributed by atoms with Gasteiger partial charge in [0.2, 0.25) is 0 Å². The normalized spacial score (nSPS) is 14.8. The van der Waals surface area contributed by atoms with Gasteiger partial charge in [-0.2, -0.15) is 0 Å². The highest BCUT2D eigenvalue weighted by molar-refractivity contribution is 5.85. The Morgan fingerprint density at radius 3 is 1.83 bits per heavy atom. The molecule has 0 fully saturated rings. The van der Waals surface area contributed by atoms with Gasteiger partial charge in [0.1, 0.15) is 6.10 Å². The van der Waals surface area contributed by atoms with E-state index in [2.05, 4.69) is 0 Å². The lowest BCUT2D eigenvalue weighted by Gasteiger charge is -2.25. The highest BCUT2D eigenvalue weighted by Crippen LogP contribution is 1.96. The Balaban J connectivity index is 4.78. The average molecular weight is 175 g/mol. The number of carbonyl (C=O) groups is 2. The van der Waals surface area contributed by atoms with Crippen LogP contribution in [0.3, 0.4) is 0 Å². The van der Waals surface area contributed by atoms with E-state index in [9.17, 15) is 24.9 Å². The van der Waals surface area contributed by atoms with Gasteiger partial charge in [-0.15, -0.1) is 0 Å². The molecule has 0 heterocycles. The summed E-state index contributed by atoms with van der Waals surface area (Å²) in [5, 5.41) is 46.5. The quantitative estimate of drug-likeness (QED) is 0.323. The summed E-state index contributed by atoms with van der Waals surface area (Å²) < 4.78 is 0. The van der Waals surface area contributed by atoms with Crippen LogP contribution in [0.4, 0.5) is 0 Å². The number of aliphatic carboxylic acids is 2. The van der Waals surface area contributed by atoms with Crippen molar-refractivity contribution in [2.75, 3.05) is 0 Å². The Morgan fingerprint density at radius 1 is 1.17 bits per heavy atom. The molecular formula is C5H3O7-3. The van der Waals surface area contributed by atoms with Crippen LogP contribution in [0, 0.1) is 0 Å². The third kappa shape index (κ3) is 2.13. The molecule has 2 N–H and O–H groups in total. The molecule has 0 aromatic carbocycles. The molecule has 1 unspecified atom stereocenters. The average Bonchev–Trinajstić information content (AvgIpc) is 2.00. The molecule has 0 radical (unpaired) electrons. The third-order valence-corrected chi connectivity index (χ3v) is 0.890. The Kier molecular flexibility index (Phi) is 3.05. The van der Waals surface area contributed by atoms with E-state index in [4.69, 9.17) is 10.2 Å². The zero-order valence-corrected chi connectivity index (χ0v) is 5.51. The van der Waals surface area contributed by atoms with Crippen LogP contribution in [0.1, 0.15) is 0 Å². The van der Waals surface area contributed by atoms with Crippen LogP contribution in [0.5, 0.6) is 0 Å². The summed E-state index contributed by atoms with van der Waals surface area (Å²) in [6.07, 6.45) is -2.71. The van der Waals surface area contributed by atoms with Crippen LogP contribution >= 0.6 is 0 Å². The second-order valence-corrected chi connectivity index (χ2v) is 1.72. The second-order valence-electron chi connectivity index (χ2n) is 1.72. The van der Waals surface area contributed by atoms with Gasteiger partial charge >= 0.3 is 5.97 Å².